The second kappa shape index (κ2) is 12.1. The van der Waals surface area contributed by atoms with E-state index in [2.05, 4.69) is 34.7 Å². The van der Waals surface area contributed by atoms with Crippen LogP contribution in [0.5, 0.6) is 11.5 Å². The normalized spacial score (nSPS) is 22.9. The minimum absolute atomic E-state index is 0.0654. The van der Waals surface area contributed by atoms with Gasteiger partial charge in [-0.25, -0.2) is 9.59 Å². The first kappa shape index (κ1) is 29.4. The zero-order valence-electron chi connectivity index (χ0n) is 21.3. The largest absolute Gasteiger partial charge is 0.493 e. The number of carbonyl (C=O) groups excluding carboxylic acids is 1. The van der Waals surface area contributed by atoms with Crippen molar-refractivity contribution in [2.75, 3.05) is 39.7 Å². The molecule has 1 saturated heterocycles. The third-order valence-corrected chi connectivity index (χ3v) is 7.23. The van der Waals surface area contributed by atoms with Gasteiger partial charge >= 0.3 is 18.2 Å². The predicted octanol–water partition coefficient (Wildman–Crippen LogP) is 5.16. The average Bonchev–Trinajstić information content (AvgIpc) is 3.19. The maximum atomic E-state index is 12.5. The molecule has 1 aliphatic carbocycles. The number of hydrogen-bond acceptors (Lipinski definition) is 5. The van der Waals surface area contributed by atoms with E-state index in [4.69, 9.17) is 31.0 Å². The van der Waals surface area contributed by atoms with Gasteiger partial charge in [-0.05, 0) is 68.1 Å². The van der Waals surface area contributed by atoms with Crippen LogP contribution in [0.1, 0.15) is 24.8 Å². The molecule has 0 radical (unpaired) electrons. The molecule has 1 heterocycles. The maximum Gasteiger partial charge on any atom is 0.490 e. The lowest BCUT2D eigenvalue weighted by Crippen LogP contribution is -2.48. The van der Waals surface area contributed by atoms with E-state index in [0.717, 1.165) is 43.9 Å². The number of carboxylic acids is 1. The number of ether oxygens (including phenoxy) is 2. The van der Waals surface area contributed by atoms with E-state index in [1.807, 2.05) is 18.2 Å². The number of amides is 2. The number of nitrogens with zero attached hydrogens (tertiary/aromatic N) is 1. The molecule has 1 aliphatic heterocycles. The number of nitrogens with one attached hydrogen (secondary N) is 2. The number of likely N-dealkylation sites (tertiary alicyclic amines) is 1. The highest BCUT2D eigenvalue weighted by atomic mass is 35.5. The van der Waals surface area contributed by atoms with Gasteiger partial charge < -0.3 is 30.1 Å². The Balaban J connectivity index is 0.000000505. The van der Waals surface area contributed by atoms with Crippen LogP contribution < -0.4 is 20.1 Å². The van der Waals surface area contributed by atoms with Crippen LogP contribution in [0.2, 0.25) is 5.02 Å². The molecule has 0 spiro atoms. The van der Waals surface area contributed by atoms with Crippen LogP contribution in [0.4, 0.5) is 23.7 Å². The Bertz CT molecular complexity index is 1150. The molecule has 2 amide bonds. The van der Waals surface area contributed by atoms with Gasteiger partial charge in [-0.2, -0.15) is 13.2 Å². The minimum Gasteiger partial charge on any atom is -0.493 e. The smallest absolute Gasteiger partial charge is 0.490 e. The van der Waals surface area contributed by atoms with Gasteiger partial charge in [-0.15, -0.1) is 0 Å². The van der Waals surface area contributed by atoms with Gasteiger partial charge in [0.25, 0.3) is 0 Å². The van der Waals surface area contributed by atoms with Crippen molar-refractivity contribution in [1.29, 1.82) is 0 Å². The monoisotopic (exact) mass is 557 g/mol. The molecular weight excluding hydrogens is 527 g/mol. The SMILES string of the molecule is COc1ccc([C@@]23CC[C@@H](NC(=O)Nc4cccc(Cl)c4)C[C@@H]2CN(C)C3)cc1OC.O=C(O)C(F)(F)F. The number of fused-ring (bicyclic) bond motifs is 1. The number of carbonyl (C=O) groups is 2. The molecule has 12 heteroatoms. The van der Waals surface area contributed by atoms with Crippen LogP contribution in [0.25, 0.3) is 0 Å². The highest BCUT2D eigenvalue weighted by Crippen LogP contribution is 2.49. The number of alkyl halides is 3. The summed E-state index contributed by atoms with van der Waals surface area (Å²) in [7, 11) is 5.51. The molecule has 2 aromatic rings. The Morgan fingerprint density at radius 2 is 1.82 bits per heavy atom. The molecule has 38 heavy (non-hydrogen) atoms. The van der Waals surface area contributed by atoms with Crippen molar-refractivity contribution in [3.8, 4) is 11.5 Å². The van der Waals surface area contributed by atoms with E-state index in [-0.39, 0.29) is 17.5 Å². The summed E-state index contributed by atoms with van der Waals surface area (Å²) in [4.78, 5) is 23.8. The molecule has 208 valence electrons. The Hall–Kier alpha value is -3.18. The Morgan fingerprint density at radius 3 is 2.42 bits per heavy atom. The molecule has 1 saturated carbocycles. The van der Waals surface area contributed by atoms with E-state index in [1.165, 1.54) is 5.56 Å². The number of likely N-dealkylation sites (N-methyl/N-ethyl adjacent to an activating group) is 1. The van der Waals surface area contributed by atoms with Crippen molar-refractivity contribution in [2.24, 2.45) is 5.92 Å². The van der Waals surface area contributed by atoms with Crippen LogP contribution in [0.15, 0.2) is 42.5 Å². The number of rotatable bonds is 5. The Morgan fingerprint density at radius 1 is 1.13 bits per heavy atom. The summed E-state index contributed by atoms with van der Waals surface area (Å²) < 4.78 is 42.7. The van der Waals surface area contributed by atoms with Gasteiger partial charge in [-0.3, -0.25) is 0 Å². The number of carboxylic acid groups (broad SMARTS) is 1. The number of urea groups is 1. The molecule has 0 bridgehead atoms. The lowest BCUT2D eigenvalue weighted by atomic mass is 9.63. The molecule has 4 rings (SSSR count). The maximum absolute atomic E-state index is 12.5. The van der Waals surface area contributed by atoms with Crippen molar-refractivity contribution >= 4 is 29.3 Å². The van der Waals surface area contributed by atoms with Crippen molar-refractivity contribution in [3.05, 3.63) is 53.1 Å². The van der Waals surface area contributed by atoms with Gasteiger partial charge in [0, 0.05) is 35.3 Å². The summed E-state index contributed by atoms with van der Waals surface area (Å²) >= 11 is 6.02. The lowest BCUT2D eigenvalue weighted by Gasteiger charge is -2.42. The summed E-state index contributed by atoms with van der Waals surface area (Å²) in [6, 6.07) is 13.5. The molecule has 3 atom stereocenters. The summed E-state index contributed by atoms with van der Waals surface area (Å²) in [6.45, 7) is 2.02. The van der Waals surface area contributed by atoms with Gasteiger partial charge in [-0.1, -0.05) is 23.7 Å². The first-order valence-electron chi connectivity index (χ1n) is 11.9. The fourth-order valence-corrected chi connectivity index (χ4v) is 5.56. The topological polar surface area (TPSA) is 100 Å². The number of anilines is 1. The van der Waals surface area contributed by atoms with E-state index in [0.29, 0.717) is 16.6 Å². The molecule has 2 fully saturated rings. The predicted molar refractivity (Wildman–Crippen MR) is 137 cm³/mol. The number of methoxy groups -OCH3 is 2. The van der Waals surface area contributed by atoms with Crippen LogP contribution in [0.3, 0.4) is 0 Å². The molecule has 2 aliphatic rings. The van der Waals surface area contributed by atoms with Crippen LogP contribution in [0, 0.1) is 5.92 Å². The number of benzene rings is 2. The fourth-order valence-electron chi connectivity index (χ4n) is 5.37. The average molecular weight is 558 g/mol. The fraction of sp³-hybridized carbons (Fsp3) is 0.462. The number of halogens is 4. The Kier molecular flexibility index (Phi) is 9.37. The zero-order chi connectivity index (χ0) is 28.1. The van der Waals surface area contributed by atoms with E-state index < -0.39 is 12.1 Å². The van der Waals surface area contributed by atoms with E-state index in [9.17, 15) is 18.0 Å². The molecule has 3 N–H and O–H groups in total. The third kappa shape index (κ3) is 7.02. The first-order chi connectivity index (χ1) is 17.9. The molecule has 0 aromatic heterocycles. The van der Waals surface area contributed by atoms with Crippen LogP contribution >= 0.6 is 11.6 Å². The van der Waals surface area contributed by atoms with Crippen molar-refractivity contribution in [2.45, 2.75) is 36.9 Å². The molecule has 2 aromatic carbocycles. The standard InChI is InChI=1S/C24H30ClN3O3.C2HF3O2/c1-28-14-17-11-20(27-23(29)26-19-6-4-5-18(25)13-19)9-10-24(17,15-28)16-7-8-21(30-2)22(12-16)31-3;3-2(4,5)1(6)7/h4-8,12-13,17,20H,9-11,14-15H2,1-3H3,(H2,26,27,29);(H,6,7)/t17-,20-,24+;/m1./s1. The van der Waals surface area contributed by atoms with Crippen LogP contribution in [-0.2, 0) is 10.2 Å². The summed E-state index contributed by atoms with van der Waals surface area (Å²) in [5.74, 6) is -0.782. The van der Waals surface area contributed by atoms with Gasteiger partial charge in [0.05, 0.1) is 14.2 Å². The van der Waals surface area contributed by atoms with Crippen molar-refractivity contribution in [1.82, 2.24) is 10.2 Å². The zero-order valence-corrected chi connectivity index (χ0v) is 22.0. The van der Waals surface area contributed by atoms with Gasteiger partial charge in [0.1, 0.15) is 0 Å². The van der Waals surface area contributed by atoms with Crippen LogP contribution in [-0.4, -0.2) is 68.6 Å². The van der Waals surface area contributed by atoms with E-state index in [1.54, 1.807) is 26.4 Å². The second-order valence-electron chi connectivity index (χ2n) is 9.50. The third-order valence-electron chi connectivity index (χ3n) is 6.99. The van der Waals surface area contributed by atoms with Gasteiger partial charge in [0.15, 0.2) is 11.5 Å². The van der Waals surface area contributed by atoms with E-state index >= 15 is 0 Å². The van der Waals surface area contributed by atoms with Crippen molar-refractivity contribution in [3.63, 3.8) is 0 Å². The minimum atomic E-state index is -5.08. The summed E-state index contributed by atoms with van der Waals surface area (Å²) in [6.07, 6.45) is -2.19. The molecule has 8 nitrogen and oxygen atoms in total. The molecule has 0 unspecified atom stereocenters. The van der Waals surface area contributed by atoms with Gasteiger partial charge in [0.2, 0.25) is 0 Å². The quantitative estimate of drug-likeness (QED) is 0.469. The summed E-state index contributed by atoms with van der Waals surface area (Å²) in [5.41, 5.74) is 2.05. The summed E-state index contributed by atoms with van der Waals surface area (Å²) in [5, 5.41) is 13.8. The number of hydrogen-bond donors (Lipinski definition) is 3. The first-order valence-corrected chi connectivity index (χ1v) is 12.3. The lowest BCUT2D eigenvalue weighted by molar-refractivity contribution is -0.192. The second-order valence-corrected chi connectivity index (χ2v) is 9.94. The molecular formula is C26H31ClF3N3O5. The highest BCUT2D eigenvalue weighted by molar-refractivity contribution is 6.30. The highest BCUT2D eigenvalue weighted by Gasteiger charge is 2.50. The number of aliphatic carboxylic acids is 1. The van der Waals surface area contributed by atoms with Crippen molar-refractivity contribution < 1.29 is 37.3 Å². The Labute approximate surface area is 224 Å².